The first kappa shape index (κ1) is 19.5. The molecule has 0 bridgehead atoms. The van der Waals surface area contributed by atoms with Crippen LogP contribution in [0.5, 0.6) is 11.5 Å². The van der Waals surface area contributed by atoms with E-state index in [9.17, 15) is 4.79 Å². The van der Waals surface area contributed by atoms with E-state index in [-0.39, 0.29) is 0 Å². The third-order valence-corrected chi connectivity index (χ3v) is 4.17. The zero-order valence-electron chi connectivity index (χ0n) is 15.6. The number of nitrogens with two attached hydrogens (primary N) is 1. The third-order valence-electron chi connectivity index (χ3n) is 4.17. The quantitative estimate of drug-likeness (QED) is 0.531. The minimum atomic E-state index is -0.546. The highest BCUT2D eigenvalue weighted by atomic mass is 16.5. The first-order chi connectivity index (χ1) is 13.7. The Hall–Kier alpha value is -3.31. The van der Waals surface area contributed by atoms with Crippen molar-refractivity contribution in [1.82, 2.24) is 5.32 Å². The van der Waals surface area contributed by atoms with E-state index >= 15 is 0 Å². The van der Waals surface area contributed by atoms with Crippen LogP contribution in [0.25, 0.3) is 0 Å². The van der Waals surface area contributed by atoms with Gasteiger partial charge in [0.15, 0.2) is 0 Å². The van der Waals surface area contributed by atoms with Crippen LogP contribution in [-0.4, -0.2) is 19.1 Å². The smallest absolute Gasteiger partial charge is 0.252 e. The monoisotopic (exact) mass is 376 g/mol. The number of hydrogen-bond acceptors (Lipinski definition) is 4. The second-order valence-corrected chi connectivity index (χ2v) is 6.31. The molecule has 3 N–H and O–H groups in total. The molecule has 1 amide bonds. The fourth-order valence-corrected chi connectivity index (χ4v) is 2.72. The molecule has 0 fully saturated rings. The highest BCUT2D eigenvalue weighted by Gasteiger charge is 2.11. The Bertz CT molecular complexity index is 883. The molecule has 144 valence electrons. The zero-order chi connectivity index (χ0) is 19.6. The van der Waals surface area contributed by atoms with Crippen molar-refractivity contribution in [3.05, 3.63) is 95.6 Å². The Kier molecular flexibility index (Phi) is 7.04. The van der Waals surface area contributed by atoms with Gasteiger partial charge in [0.25, 0.3) is 5.91 Å². The molecule has 3 aromatic rings. The van der Waals surface area contributed by atoms with E-state index in [0.29, 0.717) is 36.8 Å². The Balaban J connectivity index is 1.51. The average Bonchev–Trinajstić information content (AvgIpc) is 2.74. The van der Waals surface area contributed by atoms with E-state index in [2.05, 4.69) is 17.4 Å². The molecular formula is C23H24N2O3. The summed E-state index contributed by atoms with van der Waals surface area (Å²) in [7, 11) is 0. The maximum absolute atomic E-state index is 11.8. The molecule has 5 heteroatoms. The van der Waals surface area contributed by atoms with Gasteiger partial charge in [-0.2, -0.15) is 0 Å². The molecule has 0 spiro atoms. The summed E-state index contributed by atoms with van der Waals surface area (Å²) in [6.07, 6.45) is 0. The van der Waals surface area contributed by atoms with Crippen molar-refractivity contribution < 1.29 is 14.3 Å². The molecule has 0 saturated carbocycles. The summed E-state index contributed by atoms with van der Waals surface area (Å²) in [6.45, 7) is 2.32. The standard InChI is InChI=1S/C23H24N2O3/c24-23(26)21-15-20(27-14-13-25-16-18-7-3-1-4-8-18)11-12-22(21)28-17-19-9-5-2-6-10-19/h1-12,15,25H,13-14,16-17H2,(H2,24,26). The highest BCUT2D eigenvalue weighted by Crippen LogP contribution is 2.25. The number of ether oxygens (including phenoxy) is 2. The van der Waals surface area contributed by atoms with E-state index in [4.69, 9.17) is 15.2 Å². The summed E-state index contributed by atoms with van der Waals surface area (Å²) < 4.78 is 11.5. The number of rotatable bonds is 10. The predicted octanol–water partition coefficient (Wildman–Crippen LogP) is 3.53. The maximum Gasteiger partial charge on any atom is 0.252 e. The Morgan fingerprint density at radius 2 is 1.54 bits per heavy atom. The lowest BCUT2D eigenvalue weighted by atomic mass is 10.1. The Morgan fingerprint density at radius 3 is 2.21 bits per heavy atom. The van der Waals surface area contributed by atoms with Crippen LogP contribution in [0.3, 0.4) is 0 Å². The molecule has 0 aromatic heterocycles. The minimum Gasteiger partial charge on any atom is -0.492 e. The van der Waals surface area contributed by atoms with Crippen molar-refractivity contribution in [3.8, 4) is 11.5 Å². The Morgan fingerprint density at radius 1 is 0.857 bits per heavy atom. The zero-order valence-corrected chi connectivity index (χ0v) is 15.6. The molecular weight excluding hydrogens is 352 g/mol. The second-order valence-electron chi connectivity index (χ2n) is 6.31. The molecule has 0 aliphatic rings. The number of amides is 1. The molecule has 3 rings (SSSR count). The Labute approximate surface area is 165 Å². The fourth-order valence-electron chi connectivity index (χ4n) is 2.72. The molecule has 0 unspecified atom stereocenters. The van der Waals surface area contributed by atoms with Gasteiger partial charge in [-0.1, -0.05) is 60.7 Å². The van der Waals surface area contributed by atoms with E-state index in [1.54, 1.807) is 18.2 Å². The van der Waals surface area contributed by atoms with Gasteiger partial charge < -0.3 is 20.5 Å². The van der Waals surface area contributed by atoms with Gasteiger partial charge in [0.05, 0.1) is 5.56 Å². The first-order valence-corrected chi connectivity index (χ1v) is 9.20. The summed E-state index contributed by atoms with van der Waals surface area (Å²) in [4.78, 5) is 11.8. The molecule has 5 nitrogen and oxygen atoms in total. The normalized spacial score (nSPS) is 10.4. The van der Waals surface area contributed by atoms with Crippen molar-refractivity contribution >= 4 is 5.91 Å². The molecule has 0 saturated heterocycles. The molecule has 28 heavy (non-hydrogen) atoms. The van der Waals surface area contributed by atoms with Gasteiger partial charge in [-0.3, -0.25) is 4.79 Å². The van der Waals surface area contributed by atoms with Gasteiger partial charge in [0.2, 0.25) is 0 Å². The number of carbonyl (C=O) groups is 1. The van der Waals surface area contributed by atoms with Crippen LogP contribution in [0, 0.1) is 0 Å². The van der Waals surface area contributed by atoms with Crippen molar-refractivity contribution in [3.63, 3.8) is 0 Å². The second kappa shape index (κ2) is 10.1. The lowest BCUT2D eigenvalue weighted by Gasteiger charge is -2.12. The van der Waals surface area contributed by atoms with Crippen LogP contribution in [0.15, 0.2) is 78.9 Å². The van der Waals surface area contributed by atoms with E-state index < -0.39 is 5.91 Å². The van der Waals surface area contributed by atoms with Crippen LogP contribution in [0.2, 0.25) is 0 Å². The van der Waals surface area contributed by atoms with Crippen molar-refractivity contribution in [2.75, 3.05) is 13.2 Å². The van der Waals surface area contributed by atoms with E-state index in [1.165, 1.54) is 5.56 Å². The number of benzene rings is 3. The molecule has 0 radical (unpaired) electrons. The minimum absolute atomic E-state index is 0.311. The summed E-state index contributed by atoms with van der Waals surface area (Å²) >= 11 is 0. The highest BCUT2D eigenvalue weighted by molar-refractivity contribution is 5.96. The lowest BCUT2D eigenvalue weighted by Crippen LogP contribution is -2.20. The summed E-state index contributed by atoms with van der Waals surface area (Å²) in [5.74, 6) is 0.490. The average molecular weight is 376 g/mol. The summed E-state index contributed by atoms with van der Waals surface area (Å²) in [5, 5.41) is 3.32. The van der Waals surface area contributed by atoms with E-state index in [1.807, 2.05) is 48.5 Å². The summed E-state index contributed by atoms with van der Waals surface area (Å²) in [6, 6.07) is 25.0. The molecule has 0 atom stereocenters. The molecule has 0 aliphatic heterocycles. The fraction of sp³-hybridized carbons (Fsp3) is 0.174. The van der Waals surface area contributed by atoms with Gasteiger partial charge in [0, 0.05) is 13.1 Å². The van der Waals surface area contributed by atoms with Crippen molar-refractivity contribution in [2.24, 2.45) is 5.73 Å². The SMILES string of the molecule is NC(=O)c1cc(OCCNCc2ccccc2)ccc1OCc1ccccc1. The van der Waals surface area contributed by atoms with Gasteiger partial charge in [-0.05, 0) is 29.3 Å². The van der Waals surface area contributed by atoms with E-state index in [0.717, 1.165) is 12.1 Å². The van der Waals surface area contributed by atoms with Crippen molar-refractivity contribution in [1.29, 1.82) is 0 Å². The number of nitrogens with one attached hydrogen (secondary N) is 1. The largest absolute Gasteiger partial charge is 0.492 e. The molecule has 3 aromatic carbocycles. The summed E-state index contributed by atoms with van der Waals surface area (Å²) in [5.41, 5.74) is 8.05. The topological polar surface area (TPSA) is 73.6 Å². The van der Waals surface area contributed by atoms with Gasteiger partial charge in [-0.25, -0.2) is 0 Å². The molecule has 0 heterocycles. The number of hydrogen-bond donors (Lipinski definition) is 2. The van der Waals surface area contributed by atoms with Crippen LogP contribution in [0.4, 0.5) is 0 Å². The van der Waals surface area contributed by atoms with Gasteiger partial charge in [0.1, 0.15) is 24.7 Å². The van der Waals surface area contributed by atoms with Gasteiger partial charge >= 0.3 is 0 Å². The number of carbonyl (C=O) groups excluding carboxylic acids is 1. The van der Waals surface area contributed by atoms with Crippen LogP contribution < -0.4 is 20.5 Å². The van der Waals surface area contributed by atoms with Crippen molar-refractivity contribution in [2.45, 2.75) is 13.2 Å². The third kappa shape index (κ3) is 5.86. The predicted molar refractivity (Wildman–Crippen MR) is 109 cm³/mol. The maximum atomic E-state index is 11.8. The first-order valence-electron chi connectivity index (χ1n) is 9.20. The molecule has 0 aliphatic carbocycles. The lowest BCUT2D eigenvalue weighted by molar-refractivity contribution is 0.0995. The van der Waals surface area contributed by atoms with Crippen LogP contribution in [0.1, 0.15) is 21.5 Å². The van der Waals surface area contributed by atoms with Gasteiger partial charge in [-0.15, -0.1) is 0 Å². The number of primary amides is 1. The van der Waals surface area contributed by atoms with Crippen LogP contribution >= 0.6 is 0 Å². The van der Waals surface area contributed by atoms with Crippen LogP contribution in [-0.2, 0) is 13.2 Å².